The first-order valence-corrected chi connectivity index (χ1v) is 17.5. The first-order valence-electron chi connectivity index (χ1n) is 15.0. The van der Waals surface area contributed by atoms with Crippen LogP contribution in [0.15, 0.2) is 170 Å². The third-order valence-electron chi connectivity index (χ3n) is 7.97. The molecule has 212 valence electrons. The summed E-state index contributed by atoms with van der Waals surface area (Å²) < 4.78 is 5.62. The third-order valence-corrected chi connectivity index (χ3v) is 13.0. The van der Waals surface area contributed by atoms with Gasteiger partial charge in [-0.3, -0.25) is 9.16 Å². The van der Waals surface area contributed by atoms with E-state index in [4.69, 9.17) is 0 Å². The SMILES string of the molecule is C=CC/C(=C(\C)B1N(P(c2ccccc2)c2ccccc2)CCN1P(c1ccccc1)c1ccccc1)c1ccccc1. The molecule has 0 radical (unpaired) electrons. The molecule has 0 aliphatic carbocycles. The van der Waals surface area contributed by atoms with Crippen LogP contribution in [0.25, 0.3) is 5.57 Å². The van der Waals surface area contributed by atoms with Crippen molar-refractivity contribution in [2.24, 2.45) is 0 Å². The second-order valence-electron chi connectivity index (χ2n) is 10.7. The Balaban J connectivity index is 1.57. The maximum atomic E-state index is 4.18. The van der Waals surface area contributed by atoms with E-state index in [-0.39, 0.29) is 6.98 Å². The van der Waals surface area contributed by atoms with Crippen molar-refractivity contribution >= 4 is 49.9 Å². The van der Waals surface area contributed by atoms with Crippen LogP contribution in [0, 0.1) is 0 Å². The summed E-state index contributed by atoms with van der Waals surface area (Å²) in [6.07, 6.45) is 2.89. The highest BCUT2D eigenvalue weighted by Crippen LogP contribution is 2.50. The van der Waals surface area contributed by atoms with Gasteiger partial charge < -0.3 is 0 Å². The largest absolute Gasteiger partial charge is 0.350 e. The fourth-order valence-corrected chi connectivity index (χ4v) is 11.4. The molecule has 1 heterocycles. The minimum Gasteiger partial charge on any atom is -0.294 e. The molecule has 1 aliphatic heterocycles. The van der Waals surface area contributed by atoms with Gasteiger partial charge in [0.1, 0.15) is 0 Å². The van der Waals surface area contributed by atoms with Crippen molar-refractivity contribution in [1.82, 2.24) is 9.16 Å². The van der Waals surface area contributed by atoms with E-state index in [0.717, 1.165) is 19.5 Å². The summed E-state index contributed by atoms with van der Waals surface area (Å²) in [6, 6.07) is 55.4. The molecule has 0 spiro atoms. The van der Waals surface area contributed by atoms with E-state index in [1.807, 2.05) is 0 Å². The third kappa shape index (κ3) is 6.52. The Morgan fingerprint density at radius 1 is 0.581 bits per heavy atom. The number of allylic oxidation sites excluding steroid dienone is 3. The molecule has 0 saturated carbocycles. The molecule has 0 bridgehead atoms. The van der Waals surface area contributed by atoms with Gasteiger partial charge in [-0.1, -0.05) is 163 Å². The van der Waals surface area contributed by atoms with E-state index in [1.165, 1.54) is 37.8 Å². The minimum atomic E-state index is -0.774. The average molecular weight is 594 g/mol. The lowest BCUT2D eigenvalue weighted by Gasteiger charge is -2.38. The van der Waals surface area contributed by atoms with Gasteiger partial charge in [0.2, 0.25) is 0 Å². The Bertz CT molecular complexity index is 1460. The number of benzene rings is 5. The van der Waals surface area contributed by atoms with Gasteiger partial charge in [-0.15, -0.1) is 6.58 Å². The predicted octanol–water partition coefficient (Wildman–Crippen LogP) is 7.78. The summed E-state index contributed by atoms with van der Waals surface area (Å²) in [5.41, 5.74) is 4.05. The zero-order valence-electron chi connectivity index (χ0n) is 24.7. The van der Waals surface area contributed by atoms with Crippen LogP contribution in [-0.2, 0) is 0 Å². The average Bonchev–Trinajstić information content (AvgIpc) is 3.50. The van der Waals surface area contributed by atoms with Crippen LogP contribution >= 0.6 is 16.1 Å². The lowest BCUT2D eigenvalue weighted by molar-refractivity contribution is 0.704. The monoisotopic (exact) mass is 594 g/mol. The van der Waals surface area contributed by atoms with Gasteiger partial charge >= 0.3 is 6.98 Å². The maximum Gasteiger partial charge on any atom is 0.350 e. The molecule has 5 aromatic rings. The molecule has 1 fully saturated rings. The van der Waals surface area contributed by atoms with Gasteiger partial charge in [-0.2, -0.15) is 0 Å². The number of nitrogens with zero attached hydrogens (tertiary/aromatic N) is 2. The van der Waals surface area contributed by atoms with Gasteiger partial charge in [0, 0.05) is 29.2 Å². The summed E-state index contributed by atoms with van der Waals surface area (Å²) >= 11 is 0. The number of rotatable bonds is 10. The molecule has 1 aliphatic rings. The minimum absolute atomic E-state index is 0.119. The van der Waals surface area contributed by atoms with Crippen LogP contribution in [0.4, 0.5) is 0 Å². The Morgan fingerprint density at radius 2 is 0.907 bits per heavy atom. The Kier molecular flexibility index (Phi) is 9.78. The molecule has 1 saturated heterocycles. The smallest absolute Gasteiger partial charge is 0.294 e. The van der Waals surface area contributed by atoms with Crippen molar-refractivity contribution in [1.29, 1.82) is 0 Å². The fraction of sp³-hybridized carbons (Fsp3) is 0.105. The van der Waals surface area contributed by atoms with E-state index in [2.05, 4.69) is 180 Å². The van der Waals surface area contributed by atoms with Crippen molar-refractivity contribution in [2.45, 2.75) is 13.3 Å². The molecular formula is C38H37BN2P2. The van der Waals surface area contributed by atoms with Crippen molar-refractivity contribution in [3.63, 3.8) is 0 Å². The van der Waals surface area contributed by atoms with Crippen molar-refractivity contribution in [3.8, 4) is 0 Å². The lowest BCUT2D eigenvalue weighted by Crippen LogP contribution is -2.46. The molecular weight excluding hydrogens is 557 g/mol. The van der Waals surface area contributed by atoms with Gasteiger partial charge in [0.25, 0.3) is 0 Å². The number of hydrogen-bond donors (Lipinski definition) is 0. The maximum absolute atomic E-state index is 4.18. The molecule has 0 aromatic heterocycles. The van der Waals surface area contributed by atoms with Crippen LogP contribution in [0.1, 0.15) is 18.9 Å². The standard InChI is InChI=1S/C38H37BN2P2/c1-3-19-38(33-20-9-4-10-21-33)32(2)39-40(42(34-22-11-5-12-23-34)35-24-13-6-14-25-35)30-31-41(39)43(36-26-15-7-16-27-36)37-28-17-8-18-29-37/h3-18,20-29H,1,19,30-31H2,2H3/b38-32-. The van der Waals surface area contributed by atoms with Crippen molar-refractivity contribution in [2.75, 3.05) is 13.1 Å². The zero-order chi connectivity index (χ0) is 29.4. The van der Waals surface area contributed by atoms with E-state index in [1.54, 1.807) is 0 Å². The molecule has 0 unspecified atom stereocenters. The molecule has 0 amide bonds. The lowest BCUT2D eigenvalue weighted by atomic mass is 9.66. The van der Waals surface area contributed by atoms with E-state index in [0.29, 0.717) is 0 Å². The van der Waals surface area contributed by atoms with Crippen LogP contribution in [0.5, 0.6) is 0 Å². The van der Waals surface area contributed by atoms with Gasteiger partial charge in [-0.25, -0.2) is 0 Å². The van der Waals surface area contributed by atoms with Gasteiger partial charge in [-0.05, 0) is 45.7 Å². The van der Waals surface area contributed by atoms with Crippen LogP contribution in [-0.4, -0.2) is 29.2 Å². The van der Waals surface area contributed by atoms with Crippen molar-refractivity contribution < 1.29 is 0 Å². The fourth-order valence-electron chi connectivity index (χ4n) is 6.08. The zero-order valence-corrected chi connectivity index (χ0v) is 26.5. The highest BCUT2D eigenvalue weighted by molar-refractivity contribution is 7.74. The highest BCUT2D eigenvalue weighted by Gasteiger charge is 2.46. The first kappa shape index (κ1) is 29.5. The van der Waals surface area contributed by atoms with Crippen LogP contribution in [0.3, 0.4) is 0 Å². The van der Waals surface area contributed by atoms with Crippen LogP contribution < -0.4 is 21.2 Å². The highest BCUT2D eigenvalue weighted by atomic mass is 31.1. The number of hydrogen-bond acceptors (Lipinski definition) is 2. The molecule has 0 N–H and O–H groups in total. The van der Waals surface area contributed by atoms with E-state index in [9.17, 15) is 0 Å². The van der Waals surface area contributed by atoms with Gasteiger partial charge in [0.05, 0.1) is 0 Å². The second kappa shape index (κ2) is 14.3. The van der Waals surface area contributed by atoms with Crippen molar-refractivity contribution in [3.05, 3.63) is 175 Å². The summed E-state index contributed by atoms with van der Waals surface area (Å²) in [7, 11) is -1.55. The topological polar surface area (TPSA) is 6.48 Å². The van der Waals surface area contributed by atoms with E-state index < -0.39 is 16.1 Å². The van der Waals surface area contributed by atoms with Crippen LogP contribution in [0.2, 0.25) is 0 Å². The first-order chi connectivity index (χ1) is 21.3. The summed E-state index contributed by atoms with van der Waals surface area (Å²) in [6.45, 7) is 8.65. The summed E-state index contributed by atoms with van der Waals surface area (Å²) in [5.74, 6) is 0. The summed E-state index contributed by atoms with van der Waals surface area (Å²) in [5, 5.41) is 5.54. The molecule has 5 aromatic carbocycles. The molecule has 2 nitrogen and oxygen atoms in total. The quantitative estimate of drug-likeness (QED) is 0.0926. The Labute approximate surface area is 260 Å². The molecule has 43 heavy (non-hydrogen) atoms. The summed E-state index contributed by atoms with van der Waals surface area (Å²) in [4.78, 5) is 0. The molecule has 0 atom stereocenters. The normalized spacial score (nSPS) is 14.7. The Hall–Kier alpha value is -3.58. The predicted molar refractivity (Wildman–Crippen MR) is 191 cm³/mol. The van der Waals surface area contributed by atoms with Gasteiger partial charge in [0.15, 0.2) is 0 Å². The second-order valence-corrected chi connectivity index (χ2v) is 15.0. The Morgan fingerprint density at radius 3 is 1.23 bits per heavy atom. The van der Waals surface area contributed by atoms with E-state index >= 15 is 0 Å². The molecule has 5 heteroatoms. The molecule has 6 rings (SSSR count).